The quantitative estimate of drug-likeness (QED) is 0.597. The maximum absolute atomic E-state index is 11.6. The first kappa shape index (κ1) is 13.3. The van der Waals surface area contributed by atoms with E-state index in [0.29, 0.717) is 12.5 Å². The van der Waals surface area contributed by atoms with Gasteiger partial charge in [0, 0.05) is 12.3 Å². The number of carbonyl (C=O) groups is 1. The van der Waals surface area contributed by atoms with Crippen LogP contribution in [0.15, 0.2) is 24.9 Å². The molecule has 17 heavy (non-hydrogen) atoms. The van der Waals surface area contributed by atoms with Crippen molar-refractivity contribution in [3.63, 3.8) is 0 Å². The van der Waals surface area contributed by atoms with Crippen molar-refractivity contribution in [2.24, 2.45) is 0 Å². The highest BCUT2D eigenvalue weighted by Crippen LogP contribution is 2.11. The van der Waals surface area contributed by atoms with Gasteiger partial charge in [0.25, 0.3) is 0 Å². The Morgan fingerprint density at radius 3 is 2.88 bits per heavy atom. The molecule has 0 aliphatic rings. The van der Waals surface area contributed by atoms with Crippen LogP contribution in [0.1, 0.15) is 27.2 Å². The third-order valence-electron chi connectivity index (χ3n) is 1.72. The van der Waals surface area contributed by atoms with Crippen LogP contribution < -0.4 is 4.74 Å². The standard InChI is InChI=1S/C12H18N2O3/c1-5-6-9-16-10-7-8-14(13-10)11(15)17-12(2,3)4/h5,7-8H,1,6,9H2,2-4H3. The Morgan fingerprint density at radius 1 is 1.59 bits per heavy atom. The summed E-state index contributed by atoms with van der Waals surface area (Å²) in [5, 5.41) is 3.95. The second kappa shape index (κ2) is 5.52. The molecular formula is C12H18N2O3. The lowest BCUT2D eigenvalue weighted by Crippen LogP contribution is -2.27. The molecule has 0 bridgehead atoms. The molecule has 5 nitrogen and oxygen atoms in total. The van der Waals surface area contributed by atoms with Crippen molar-refractivity contribution in [2.75, 3.05) is 6.61 Å². The molecule has 1 heterocycles. The summed E-state index contributed by atoms with van der Waals surface area (Å²) in [4.78, 5) is 11.6. The first-order valence-electron chi connectivity index (χ1n) is 5.45. The van der Waals surface area contributed by atoms with Crippen molar-refractivity contribution < 1.29 is 14.3 Å². The lowest BCUT2D eigenvalue weighted by atomic mass is 10.2. The maximum Gasteiger partial charge on any atom is 0.435 e. The van der Waals surface area contributed by atoms with E-state index in [4.69, 9.17) is 9.47 Å². The van der Waals surface area contributed by atoms with E-state index in [9.17, 15) is 4.79 Å². The van der Waals surface area contributed by atoms with Crippen LogP contribution in [0.4, 0.5) is 4.79 Å². The molecule has 0 amide bonds. The molecule has 0 aromatic carbocycles. The lowest BCUT2D eigenvalue weighted by Gasteiger charge is -2.18. The third kappa shape index (κ3) is 4.72. The van der Waals surface area contributed by atoms with Crippen LogP contribution in [0.5, 0.6) is 5.88 Å². The van der Waals surface area contributed by atoms with E-state index in [1.807, 2.05) is 0 Å². The number of rotatable bonds is 4. The number of aromatic nitrogens is 2. The van der Waals surface area contributed by atoms with Gasteiger partial charge in [-0.1, -0.05) is 6.08 Å². The fourth-order valence-electron chi connectivity index (χ4n) is 1.04. The van der Waals surface area contributed by atoms with Gasteiger partial charge in [0.1, 0.15) is 5.60 Å². The molecule has 0 radical (unpaired) electrons. The summed E-state index contributed by atoms with van der Waals surface area (Å²) in [5.41, 5.74) is -0.535. The third-order valence-corrected chi connectivity index (χ3v) is 1.72. The van der Waals surface area contributed by atoms with Gasteiger partial charge in [-0.05, 0) is 27.2 Å². The highest BCUT2D eigenvalue weighted by molar-refractivity contribution is 5.69. The van der Waals surface area contributed by atoms with Gasteiger partial charge >= 0.3 is 6.09 Å². The average molecular weight is 238 g/mol. The molecule has 1 rings (SSSR count). The van der Waals surface area contributed by atoms with E-state index in [1.54, 1.807) is 32.9 Å². The molecule has 0 unspecified atom stereocenters. The smallest absolute Gasteiger partial charge is 0.435 e. The molecule has 94 valence electrons. The zero-order valence-electron chi connectivity index (χ0n) is 10.5. The van der Waals surface area contributed by atoms with Gasteiger partial charge in [-0.3, -0.25) is 0 Å². The Balaban J connectivity index is 2.55. The van der Waals surface area contributed by atoms with Crippen LogP contribution in [-0.4, -0.2) is 28.1 Å². The molecule has 0 saturated heterocycles. The zero-order valence-corrected chi connectivity index (χ0v) is 10.5. The van der Waals surface area contributed by atoms with Crippen LogP contribution in [0.3, 0.4) is 0 Å². The number of carbonyl (C=O) groups excluding carboxylic acids is 1. The van der Waals surface area contributed by atoms with Crippen LogP contribution >= 0.6 is 0 Å². The lowest BCUT2D eigenvalue weighted by molar-refractivity contribution is 0.0512. The minimum atomic E-state index is -0.535. The minimum Gasteiger partial charge on any atom is -0.476 e. The SMILES string of the molecule is C=CCCOc1ccn(C(=O)OC(C)(C)C)n1. The summed E-state index contributed by atoms with van der Waals surface area (Å²) < 4.78 is 11.6. The van der Waals surface area contributed by atoms with Crippen molar-refractivity contribution in [2.45, 2.75) is 32.8 Å². The monoisotopic (exact) mass is 238 g/mol. The summed E-state index contributed by atoms with van der Waals surface area (Å²) in [7, 11) is 0. The Hall–Kier alpha value is -1.78. The maximum atomic E-state index is 11.6. The average Bonchev–Trinajstić information content (AvgIpc) is 2.64. The van der Waals surface area contributed by atoms with E-state index >= 15 is 0 Å². The van der Waals surface area contributed by atoms with E-state index in [-0.39, 0.29) is 0 Å². The first-order chi connectivity index (χ1) is 7.92. The van der Waals surface area contributed by atoms with Crippen LogP contribution in [0.25, 0.3) is 0 Å². The van der Waals surface area contributed by atoms with Crippen molar-refractivity contribution in [3.05, 3.63) is 24.9 Å². The normalized spacial score (nSPS) is 11.0. The second-order valence-corrected chi connectivity index (χ2v) is 4.50. The molecule has 5 heteroatoms. The second-order valence-electron chi connectivity index (χ2n) is 4.50. The van der Waals surface area contributed by atoms with E-state index in [2.05, 4.69) is 11.7 Å². The van der Waals surface area contributed by atoms with Crippen molar-refractivity contribution in [1.29, 1.82) is 0 Å². The summed E-state index contributed by atoms with van der Waals surface area (Å²) in [5.74, 6) is 0.401. The van der Waals surface area contributed by atoms with Gasteiger partial charge in [0.15, 0.2) is 0 Å². The van der Waals surface area contributed by atoms with Gasteiger partial charge in [-0.2, -0.15) is 4.68 Å². The minimum absolute atomic E-state index is 0.401. The topological polar surface area (TPSA) is 53.4 Å². The van der Waals surface area contributed by atoms with Crippen LogP contribution in [0, 0.1) is 0 Å². The Bertz CT molecular complexity index is 391. The van der Waals surface area contributed by atoms with Gasteiger partial charge in [-0.25, -0.2) is 4.79 Å². The summed E-state index contributed by atoms with van der Waals surface area (Å²) in [6.07, 6.45) is 3.48. The summed E-state index contributed by atoms with van der Waals surface area (Å²) >= 11 is 0. The van der Waals surface area contributed by atoms with E-state index in [0.717, 1.165) is 11.1 Å². The van der Waals surface area contributed by atoms with E-state index in [1.165, 1.54) is 6.20 Å². The molecule has 1 aromatic heterocycles. The number of ether oxygens (including phenoxy) is 2. The highest BCUT2D eigenvalue weighted by Gasteiger charge is 2.18. The molecule has 1 aromatic rings. The largest absolute Gasteiger partial charge is 0.476 e. The Morgan fingerprint density at radius 2 is 2.29 bits per heavy atom. The van der Waals surface area contributed by atoms with Crippen molar-refractivity contribution >= 4 is 6.09 Å². The van der Waals surface area contributed by atoms with Crippen molar-refractivity contribution in [1.82, 2.24) is 9.78 Å². The number of hydrogen-bond donors (Lipinski definition) is 0. The molecule has 0 N–H and O–H groups in total. The molecular weight excluding hydrogens is 220 g/mol. The molecule has 0 aliphatic heterocycles. The fraction of sp³-hybridized carbons (Fsp3) is 0.500. The van der Waals surface area contributed by atoms with Gasteiger partial charge < -0.3 is 9.47 Å². The van der Waals surface area contributed by atoms with Gasteiger partial charge in [0.05, 0.1) is 6.61 Å². The number of hydrogen-bond acceptors (Lipinski definition) is 4. The predicted molar refractivity (Wildman–Crippen MR) is 64.2 cm³/mol. The molecule has 0 saturated carbocycles. The highest BCUT2D eigenvalue weighted by atomic mass is 16.6. The van der Waals surface area contributed by atoms with Crippen LogP contribution in [-0.2, 0) is 4.74 Å². The number of nitrogens with zero attached hydrogens (tertiary/aromatic N) is 2. The van der Waals surface area contributed by atoms with Gasteiger partial charge in [-0.15, -0.1) is 11.7 Å². The fourth-order valence-corrected chi connectivity index (χ4v) is 1.04. The molecule has 0 spiro atoms. The molecule has 0 fully saturated rings. The summed E-state index contributed by atoms with van der Waals surface area (Å²) in [6, 6.07) is 1.62. The molecule has 0 atom stereocenters. The summed E-state index contributed by atoms with van der Waals surface area (Å²) in [6.45, 7) is 9.49. The van der Waals surface area contributed by atoms with Crippen LogP contribution in [0.2, 0.25) is 0 Å². The predicted octanol–water partition coefficient (Wildman–Crippen LogP) is 2.62. The van der Waals surface area contributed by atoms with Gasteiger partial charge in [0.2, 0.25) is 5.88 Å². The van der Waals surface area contributed by atoms with E-state index < -0.39 is 11.7 Å². The molecule has 0 aliphatic carbocycles. The Kier molecular flexibility index (Phi) is 4.31. The zero-order chi connectivity index (χ0) is 12.9. The Labute approximate surface area is 101 Å². The van der Waals surface area contributed by atoms with Crippen molar-refractivity contribution in [3.8, 4) is 5.88 Å². The first-order valence-corrected chi connectivity index (χ1v) is 5.45.